The second-order valence-corrected chi connectivity index (χ2v) is 5.92. The summed E-state index contributed by atoms with van der Waals surface area (Å²) in [6.07, 6.45) is 2.97. The number of halogens is 1. The number of hydrogen-bond donors (Lipinski definition) is 2. The van der Waals surface area contributed by atoms with E-state index in [2.05, 4.69) is 10.6 Å². The minimum absolute atomic E-state index is 0.150. The lowest BCUT2D eigenvalue weighted by molar-refractivity contribution is -0.137. The van der Waals surface area contributed by atoms with E-state index in [1.165, 1.54) is 25.3 Å². The van der Waals surface area contributed by atoms with Gasteiger partial charge in [-0.15, -0.1) is 0 Å². The largest absolute Gasteiger partial charge is 0.494 e. The highest BCUT2D eigenvalue weighted by Crippen LogP contribution is 2.21. The summed E-state index contributed by atoms with van der Waals surface area (Å²) in [6.45, 7) is 3.82. The van der Waals surface area contributed by atoms with Crippen molar-refractivity contribution in [2.24, 2.45) is 0 Å². The Morgan fingerprint density at radius 2 is 1.89 bits per heavy atom. The molecule has 2 rings (SSSR count). The number of rotatable bonds is 7. The molecule has 6 nitrogen and oxygen atoms in total. The Kier molecular flexibility index (Phi) is 7.56. The van der Waals surface area contributed by atoms with Crippen LogP contribution in [0.3, 0.4) is 0 Å². The summed E-state index contributed by atoms with van der Waals surface area (Å²) in [5.41, 5.74) is 1.99. The number of carbonyl (C=O) groups excluding carboxylic acids is 2. The van der Waals surface area contributed by atoms with Crippen LogP contribution >= 0.6 is 0 Å². The Balaban J connectivity index is 1.92. The first-order valence-electron chi connectivity index (χ1n) is 8.78. The highest BCUT2D eigenvalue weighted by molar-refractivity contribution is 5.90. The fourth-order valence-corrected chi connectivity index (χ4v) is 2.43. The van der Waals surface area contributed by atoms with Gasteiger partial charge in [-0.3, -0.25) is 0 Å². The molecule has 0 unspecified atom stereocenters. The normalized spacial score (nSPS) is 11.7. The van der Waals surface area contributed by atoms with Crippen molar-refractivity contribution in [2.75, 3.05) is 19.0 Å². The topological polar surface area (TPSA) is 76.7 Å². The molecule has 0 aliphatic rings. The standard InChI is InChI=1S/C21H23FN2O4/c1-4-28-20(25)12-7-15-5-9-17(10-6-15)24-21(26)23-14(2)16-8-11-19(27-3)18(22)13-16/h5-14H,4H2,1-3H3,(H2,23,24,26)/b12-7+/t14-/m1/s1. The molecule has 0 fully saturated rings. The number of ether oxygens (including phenoxy) is 2. The Bertz CT molecular complexity index is 850. The number of carbonyl (C=O) groups is 2. The Hall–Kier alpha value is -3.35. The molecule has 28 heavy (non-hydrogen) atoms. The first kappa shape index (κ1) is 21.0. The fourth-order valence-electron chi connectivity index (χ4n) is 2.43. The minimum Gasteiger partial charge on any atom is -0.494 e. The molecule has 2 amide bonds. The van der Waals surface area contributed by atoms with E-state index < -0.39 is 23.9 Å². The molecule has 0 bridgehead atoms. The number of amides is 2. The van der Waals surface area contributed by atoms with Crippen LogP contribution in [0.2, 0.25) is 0 Å². The van der Waals surface area contributed by atoms with Gasteiger partial charge in [0.25, 0.3) is 0 Å². The first-order chi connectivity index (χ1) is 13.4. The van der Waals surface area contributed by atoms with Crippen molar-refractivity contribution >= 4 is 23.8 Å². The SMILES string of the molecule is CCOC(=O)/C=C/c1ccc(NC(=O)N[C@H](C)c2ccc(OC)c(F)c2)cc1. The molecule has 0 aliphatic carbocycles. The molecule has 0 spiro atoms. The lowest BCUT2D eigenvalue weighted by Gasteiger charge is -2.16. The molecule has 2 aromatic carbocycles. The van der Waals surface area contributed by atoms with E-state index in [4.69, 9.17) is 9.47 Å². The van der Waals surface area contributed by atoms with Crippen molar-refractivity contribution < 1.29 is 23.5 Å². The first-order valence-corrected chi connectivity index (χ1v) is 8.78. The van der Waals surface area contributed by atoms with Crippen LogP contribution in [0.15, 0.2) is 48.5 Å². The van der Waals surface area contributed by atoms with Crippen LogP contribution in [0.5, 0.6) is 5.75 Å². The van der Waals surface area contributed by atoms with E-state index in [1.54, 1.807) is 50.3 Å². The molecule has 7 heteroatoms. The molecule has 0 aromatic heterocycles. The quantitative estimate of drug-likeness (QED) is 0.550. The van der Waals surface area contributed by atoms with Gasteiger partial charge in [-0.2, -0.15) is 0 Å². The number of methoxy groups -OCH3 is 1. The summed E-state index contributed by atoms with van der Waals surface area (Å²) in [4.78, 5) is 23.5. The summed E-state index contributed by atoms with van der Waals surface area (Å²) in [5, 5.41) is 5.45. The van der Waals surface area contributed by atoms with Crippen LogP contribution in [0.1, 0.15) is 31.0 Å². The van der Waals surface area contributed by atoms with Gasteiger partial charge in [-0.05, 0) is 55.3 Å². The van der Waals surface area contributed by atoms with Gasteiger partial charge < -0.3 is 20.1 Å². The van der Waals surface area contributed by atoms with E-state index in [1.807, 2.05) is 0 Å². The predicted molar refractivity (Wildman–Crippen MR) is 106 cm³/mol. The van der Waals surface area contributed by atoms with Crippen LogP contribution in [0.25, 0.3) is 6.08 Å². The smallest absolute Gasteiger partial charge is 0.330 e. The average molecular weight is 386 g/mol. The number of anilines is 1. The third-order valence-corrected chi connectivity index (χ3v) is 3.89. The van der Waals surface area contributed by atoms with E-state index in [0.717, 1.165) is 5.56 Å². The third kappa shape index (κ3) is 6.12. The highest BCUT2D eigenvalue weighted by Gasteiger charge is 2.12. The van der Waals surface area contributed by atoms with E-state index in [0.29, 0.717) is 17.9 Å². The number of urea groups is 1. The number of esters is 1. The van der Waals surface area contributed by atoms with Crippen LogP contribution < -0.4 is 15.4 Å². The average Bonchev–Trinajstić information content (AvgIpc) is 2.67. The maximum Gasteiger partial charge on any atom is 0.330 e. The second-order valence-electron chi connectivity index (χ2n) is 5.92. The Morgan fingerprint density at radius 1 is 1.18 bits per heavy atom. The number of nitrogens with one attached hydrogen (secondary N) is 2. The molecule has 0 radical (unpaired) electrons. The molecule has 0 saturated heterocycles. The lowest BCUT2D eigenvalue weighted by atomic mass is 10.1. The Labute approximate surface area is 163 Å². The van der Waals surface area contributed by atoms with E-state index >= 15 is 0 Å². The monoisotopic (exact) mass is 386 g/mol. The van der Waals surface area contributed by atoms with Gasteiger partial charge in [0.15, 0.2) is 11.6 Å². The van der Waals surface area contributed by atoms with Crippen LogP contribution in [0, 0.1) is 5.82 Å². The van der Waals surface area contributed by atoms with Crippen molar-refractivity contribution in [3.63, 3.8) is 0 Å². The summed E-state index contributed by atoms with van der Waals surface area (Å²) in [7, 11) is 1.39. The zero-order valence-electron chi connectivity index (χ0n) is 16.0. The Morgan fingerprint density at radius 3 is 2.50 bits per heavy atom. The maximum absolute atomic E-state index is 13.8. The molecule has 0 heterocycles. The lowest BCUT2D eigenvalue weighted by Crippen LogP contribution is -2.31. The van der Waals surface area contributed by atoms with Gasteiger partial charge in [0.1, 0.15) is 0 Å². The molecule has 0 saturated carbocycles. The fraction of sp³-hybridized carbons (Fsp3) is 0.238. The third-order valence-electron chi connectivity index (χ3n) is 3.89. The van der Waals surface area contributed by atoms with Crippen molar-refractivity contribution in [3.05, 3.63) is 65.5 Å². The van der Waals surface area contributed by atoms with Crippen LogP contribution in [-0.2, 0) is 9.53 Å². The molecule has 148 valence electrons. The zero-order chi connectivity index (χ0) is 20.5. The maximum atomic E-state index is 13.8. The number of benzene rings is 2. The summed E-state index contributed by atoms with van der Waals surface area (Å²) in [5.74, 6) is -0.744. The van der Waals surface area contributed by atoms with Crippen molar-refractivity contribution in [1.29, 1.82) is 0 Å². The molecule has 1 atom stereocenters. The zero-order valence-corrected chi connectivity index (χ0v) is 16.0. The predicted octanol–water partition coefficient (Wildman–Crippen LogP) is 4.29. The van der Waals surface area contributed by atoms with Crippen molar-refractivity contribution in [2.45, 2.75) is 19.9 Å². The van der Waals surface area contributed by atoms with Gasteiger partial charge in [0.2, 0.25) is 0 Å². The molecule has 2 N–H and O–H groups in total. The van der Waals surface area contributed by atoms with Gasteiger partial charge >= 0.3 is 12.0 Å². The van der Waals surface area contributed by atoms with Crippen LogP contribution in [-0.4, -0.2) is 25.7 Å². The second kappa shape index (κ2) is 10.1. The highest BCUT2D eigenvalue weighted by atomic mass is 19.1. The van der Waals surface area contributed by atoms with Gasteiger partial charge in [-0.1, -0.05) is 18.2 Å². The van der Waals surface area contributed by atoms with E-state index in [-0.39, 0.29) is 5.75 Å². The van der Waals surface area contributed by atoms with Crippen molar-refractivity contribution in [3.8, 4) is 5.75 Å². The summed E-state index contributed by atoms with van der Waals surface area (Å²) >= 11 is 0. The van der Waals surface area contributed by atoms with Gasteiger partial charge in [0, 0.05) is 11.8 Å². The van der Waals surface area contributed by atoms with Crippen LogP contribution in [0.4, 0.5) is 14.9 Å². The molecule has 2 aromatic rings. The number of hydrogen-bond acceptors (Lipinski definition) is 4. The minimum atomic E-state index is -0.486. The summed E-state index contributed by atoms with van der Waals surface area (Å²) in [6, 6.07) is 10.7. The molecular weight excluding hydrogens is 363 g/mol. The molecular formula is C21H23FN2O4. The van der Waals surface area contributed by atoms with Crippen molar-refractivity contribution in [1.82, 2.24) is 5.32 Å². The van der Waals surface area contributed by atoms with Gasteiger partial charge in [-0.25, -0.2) is 14.0 Å². The van der Waals surface area contributed by atoms with E-state index in [9.17, 15) is 14.0 Å². The van der Waals surface area contributed by atoms with Gasteiger partial charge in [0.05, 0.1) is 19.8 Å². The molecule has 0 aliphatic heterocycles. The summed E-state index contributed by atoms with van der Waals surface area (Å²) < 4.78 is 23.5.